The van der Waals surface area contributed by atoms with E-state index in [-0.39, 0.29) is 5.54 Å². The highest BCUT2D eigenvalue weighted by Gasteiger charge is 2.44. The molecule has 1 heterocycles. The molecule has 0 aromatic carbocycles. The average Bonchev–Trinajstić information content (AvgIpc) is 2.85. The van der Waals surface area contributed by atoms with E-state index in [0.717, 1.165) is 25.6 Å². The van der Waals surface area contributed by atoms with Gasteiger partial charge in [-0.15, -0.1) is 0 Å². The van der Waals surface area contributed by atoms with E-state index in [1.54, 1.807) is 0 Å². The molecule has 72 valence electrons. The number of rotatable bonds is 2. The molecular formula is C10H17N3. The number of nitrogens with zero attached hydrogens (tertiary/aromatic N) is 3. The molecule has 0 aromatic heterocycles. The second-order valence-corrected chi connectivity index (χ2v) is 4.49. The molecule has 1 saturated heterocycles. The summed E-state index contributed by atoms with van der Waals surface area (Å²) in [5.41, 5.74) is -0.206. The van der Waals surface area contributed by atoms with E-state index in [9.17, 15) is 5.26 Å². The molecular weight excluding hydrogens is 162 g/mol. The fraction of sp³-hybridized carbons (Fsp3) is 0.900. The Morgan fingerprint density at radius 3 is 2.54 bits per heavy atom. The predicted octanol–water partition coefficient (Wildman–Crippen LogP) is 0.678. The van der Waals surface area contributed by atoms with Crippen LogP contribution in [-0.4, -0.2) is 48.6 Å². The fourth-order valence-electron chi connectivity index (χ4n) is 2.13. The molecule has 3 heteroatoms. The van der Waals surface area contributed by atoms with E-state index in [2.05, 4.69) is 15.9 Å². The molecule has 0 N–H and O–H groups in total. The molecule has 0 spiro atoms. The van der Waals surface area contributed by atoms with Gasteiger partial charge in [0.05, 0.1) is 6.07 Å². The SMILES string of the molecule is CN(C)C1(C#N)CCN(C2CC2)C1. The van der Waals surface area contributed by atoms with Crippen LogP contribution < -0.4 is 0 Å². The van der Waals surface area contributed by atoms with Crippen LogP contribution in [-0.2, 0) is 0 Å². The summed E-state index contributed by atoms with van der Waals surface area (Å²) < 4.78 is 0. The summed E-state index contributed by atoms with van der Waals surface area (Å²) in [6.07, 6.45) is 3.69. The highest BCUT2D eigenvalue weighted by Crippen LogP contribution is 2.34. The van der Waals surface area contributed by atoms with Crippen LogP contribution in [0.5, 0.6) is 0 Å². The summed E-state index contributed by atoms with van der Waals surface area (Å²) >= 11 is 0. The summed E-state index contributed by atoms with van der Waals surface area (Å²) in [5, 5.41) is 9.19. The Bertz CT molecular complexity index is 239. The molecule has 1 saturated carbocycles. The van der Waals surface area contributed by atoms with Gasteiger partial charge in [-0.1, -0.05) is 0 Å². The Balaban J connectivity index is 2.05. The van der Waals surface area contributed by atoms with Gasteiger partial charge in [0, 0.05) is 19.1 Å². The Hall–Kier alpha value is -0.590. The van der Waals surface area contributed by atoms with Crippen LogP contribution in [0.3, 0.4) is 0 Å². The van der Waals surface area contributed by atoms with E-state index in [4.69, 9.17) is 0 Å². The zero-order chi connectivity index (χ0) is 9.47. The normalized spacial score (nSPS) is 35.2. The topological polar surface area (TPSA) is 30.3 Å². The minimum Gasteiger partial charge on any atom is -0.297 e. The Labute approximate surface area is 79.9 Å². The second kappa shape index (κ2) is 2.97. The largest absolute Gasteiger partial charge is 0.297 e. The number of nitriles is 1. The standard InChI is InChI=1S/C10H17N3/c1-12(2)10(7-11)5-6-13(8-10)9-3-4-9/h9H,3-6,8H2,1-2H3. The van der Waals surface area contributed by atoms with E-state index in [1.165, 1.54) is 12.8 Å². The van der Waals surface area contributed by atoms with Crippen molar-refractivity contribution >= 4 is 0 Å². The van der Waals surface area contributed by atoms with Crippen LogP contribution >= 0.6 is 0 Å². The second-order valence-electron chi connectivity index (χ2n) is 4.49. The molecule has 1 unspecified atom stereocenters. The minimum absolute atomic E-state index is 0.206. The van der Waals surface area contributed by atoms with Crippen LogP contribution in [0.25, 0.3) is 0 Å². The molecule has 13 heavy (non-hydrogen) atoms. The van der Waals surface area contributed by atoms with Gasteiger partial charge in [-0.2, -0.15) is 5.26 Å². The third-order valence-electron chi connectivity index (χ3n) is 3.40. The molecule has 2 aliphatic rings. The van der Waals surface area contributed by atoms with Crippen molar-refractivity contribution in [3.8, 4) is 6.07 Å². The van der Waals surface area contributed by atoms with Crippen LogP contribution in [0.2, 0.25) is 0 Å². The monoisotopic (exact) mass is 179 g/mol. The molecule has 3 nitrogen and oxygen atoms in total. The first kappa shape index (κ1) is 8.98. The Morgan fingerprint density at radius 1 is 1.46 bits per heavy atom. The van der Waals surface area contributed by atoms with Crippen molar-refractivity contribution in [3.63, 3.8) is 0 Å². The lowest BCUT2D eigenvalue weighted by molar-refractivity contribution is 0.207. The van der Waals surface area contributed by atoms with Gasteiger partial charge in [-0.3, -0.25) is 9.80 Å². The van der Waals surface area contributed by atoms with Gasteiger partial charge in [0.15, 0.2) is 0 Å². The zero-order valence-electron chi connectivity index (χ0n) is 8.45. The van der Waals surface area contributed by atoms with Crippen LogP contribution in [0, 0.1) is 11.3 Å². The van der Waals surface area contributed by atoms with Gasteiger partial charge in [0.1, 0.15) is 5.54 Å². The number of likely N-dealkylation sites (tertiary alicyclic amines) is 1. The third kappa shape index (κ3) is 1.45. The first-order chi connectivity index (χ1) is 6.18. The maximum Gasteiger partial charge on any atom is 0.122 e. The summed E-state index contributed by atoms with van der Waals surface area (Å²) in [5.74, 6) is 0. The van der Waals surface area contributed by atoms with E-state index >= 15 is 0 Å². The van der Waals surface area contributed by atoms with E-state index < -0.39 is 0 Å². The van der Waals surface area contributed by atoms with Crippen LogP contribution in [0.4, 0.5) is 0 Å². The zero-order valence-corrected chi connectivity index (χ0v) is 8.45. The number of hydrogen-bond donors (Lipinski definition) is 0. The van der Waals surface area contributed by atoms with Crippen molar-refractivity contribution in [2.75, 3.05) is 27.2 Å². The summed E-state index contributed by atoms with van der Waals surface area (Å²) in [7, 11) is 4.03. The summed E-state index contributed by atoms with van der Waals surface area (Å²) in [6, 6.07) is 3.27. The summed E-state index contributed by atoms with van der Waals surface area (Å²) in [4.78, 5) is 4.55. The first-order valence-electron chi connectivity index (χ1n) is 5.01. The van der Waals surface area contributed by atoms with Crippen molar-refractivity contribution in [2.45, 2.75) is 30.8 Å². The van der Waals surface area contributed by atoms with Gasteiger partial charge >= 0.3 is 0 Å². The van der Waals surface area contributed by atoms with Crippen molar-refractivity contribution in [2.24, 2.45) is 0 Å². The molecule has 1 atom stereocenters. The van der Waals surface area contributed by atoms with Gasteiger partial charge in [-0.25, -0.2) is 0 Å². The van der Waals surface area contributed by atoms with E-state index in [1.807, 2.05) is 14.1 Å². The maximum absolute atomic E-state index is 9.19. The van der Waals surface area contributed by atoms with Crippen LogP contribution in [0.15, 0.2) is 0 Å². The van der Waals surface area contributed by atoms with Gasteiger partial charge in [0.2, 0.25) is 0 Å². The summed E-state index contributed by atoms with van der Waals surface area (Å²) in [6.45, 7) is 2.05. The molecule has 0 amide bonds. The predicted molar refractivity (Wildman–Crippen MR) is 51.2 cm³/mol. The lowest BCUT2D eigenvalue weighted by atomic mass is 10.00. The molecule has 1 aliphatic heterocycles. The van der Waals surface area contributed by atoms with Crippen LogP contribution in [0.1, 0.15) is 19.3 Å². The third-order valence-corrected chi connectivity index (χ3v) is 3.40. The number of hydrogen-bond acceptors (Lipinski definition) is 3. The molecule has 0 radical (unpaired) electrons. The average molecular weight is 179 g/mol. The molecule has 1 aliphatic carbocycles. The first-order valence-corrected chi connectivity index (χ1v) is 5.01. The Kier molecular flexibility index (Phi) is 2.05. The van der Waals surface area contributed by atoms with Crippen molar-refractivity contribution < 1.29 is 0 Å². The number of likely N-dealkylation sites (N-methyl/N-ethyl adjacent to an activating group) is 1. The highest BCUT2D eigenvalue weighted by molar-refractivity contribution is 5.14. The van der Waals surface area contributed by atoms with Gasteiger partial charge < -0.3 is 0 Å². The smallest absolute Gasteiger partial charge is 0.122 e. The Morgan fingerprint density at radius 2 is 2.15 bits per heavy atom. The van der Waals surface area contributed by atoms with Crippen molar-refractivity contribution in [3.05, 3.63) is 0 Å². The van der Waals surface area contributed by atoms with Crippen molar-refractivity contribution in [1.82, 2.24) is 9.80 Å². The highest BCUT2D eigenvalue weighted by atomic mass is 15.3. The molecule has 0 bridgehead atoms. The molecule has 2 fully saturated rings. The quantitative estimate of drug-likeness (QED) is 0.624. The van der Waals surface area contributed by atoms with Crippen molar-refractivity contribution in [1.29, 1.82) is 5.26 Å². The minimum atomic E-state index is -0.206. The lowest BCUT2D eigenvalue weighted by Gasteiger charge is -2.29. The maximum atomic E-state index is 9.19. The lowest BCUT2D eigenvalue weighted by Crippen LogP contribution is -2.45. The molecule has 0 aromatic rings. The fourth-order valence-corrected chi connectivity index (χ4v) is 2.13. The van der Waals surface area contributed by atoms with Gasteiger partial charge in [-0.05, 0) is 33.4 Å². The molecule has 2 rings (SSSR count). The van der Waals surface area contributed by atoms with E-state index in [0.29, 0.717) is 0 Å². The van der Waals surface area contributed by atoms with Gasteiger partial charge in [0.25, 0.3) is 0 Å².